The Hall–Kier alpha value is -0.505. The number of carbonyl (C=O) groups is 1. The van der Waals surface area contributed by atoms with Gasteiger partial charge in [0.25, 0.3) is 0 Å². The molecule has 4 heteroatoms. The van der Waals surface area contributed by atoms with Gasteiger partial charge in [-0.15, -0.1) is 0 Å². The van der Waals surface area contributed by atoms with Crippen LogP contribution >= 0.6 is 0 Å². The van der Waals surface area contributed by atoms with Crippen molar-refractivity contribution in [1.29, 1.82) is 0 Å². The zero-order chi connectivity index (χ0) is 9.68. The molecule has 1 heterocycles. The second kappa shape index (κ2) is 5.27. The van der Waals surface area contributed by atoms with Crippen molar-refractivity contribution >= 4 is 13.4 Å². The molecule has 1 radical (unpaired) electrons. The Kier molecular flexibility index (Phi) is 4.29. The van der Waals surface area contributed by atoms with E-state index in [1.54, 1.807) is 0 Å². The monoisotopic (exact) mass is 182 g/mol. The van der Waals surface area contributed by atoms with Crippen molar-refractivity contribution in [2.45, 2.75) is 32.5 Å². The van der Waals surface area contributed by atoms with E-state index in [4.69, 9.17) is 5.11 Å². The molecule has 0 aliphatic carbocycles. The number of hydrogen-bond donors (Lipinski definition) is 1. The largest absolute Gasteiger partial charge is 0.481 e. The highest BCUT2D eigenvalue weighted by Crippen LogP contribution is 2.16. The van der Waals surface area contributed by atoms with Gasteiger partial charge in [-0.05, 0) is 25.9 Å². The third-order valence-corrected chi connectivity index (χ3v) is 2.55. The van der Waals surface area contributed by atoms with Gasteiger partial charge in [-0.2, -0.15) is 0 Å². The summed E-state index contributed by atoms with van der Waals surface area (Å²) in [5.74, 6) is -0.735. The van der Waals surface area contributed by atoms with Crippen LogP contribution in [0.2, 0.25) is 6.32 Å². The maximum absolute atomic E-state index is 10.6. The first-order chi connectivity index (χ1) is 6.24. The van der Waals surface area contributed by atoms with Crippen LogP contribution in [-0.2, 0) is 4.79 Å². The molecule has 0 spiro atoms. The summed E-state index contributed by atoms with van der Waals surface area (Å²) in [6, 6.07) is 0. The van der Waals surface area contributed by atoms with Crippen LogP contribution in [0.25, 0.3) is 0 Å². The standard InChI is InChI=1S/C9H17BNO2/c1-2-5-10-11-6-3-8(4-7-11)9(12)13/h8H,2-7H2,1H3,(H,12,13). The van der Waals surface area contributed by atoms with Gasteiger partial charge in [0.05, 0.1) is 5.92 Å². The van der Waals surface area contributed by atoms with E-state index in [1.165, 1.54) is 6.42 Å². The molecule has 0 saturated carbocycles. The minimum Gasteiger partial charge on any atom is -0.481 e. The Balaban J connectivity index is 2.18. The van der Waals surface area contributed by atoms with Crippen molar-refractivity contribution in [3.05, 3.63) is 0 Å². The summed E-state index contributed by atoms with van der Waals surface area (Å²) >= 11 is 0. The lowest BCUT2D eigenvalue weighted by Gasteiger charge is -2.29. The van der Waals surface area contributed by atoms with E-state index >= 15 is 0 Å². The lowest BCUT2D eigenvalue weighted by atomic mass is 9.81. The summed E-state index contributed by atoms with van der Waals surface area (Å²) in [5, 5.41) is 8.77. The Morgan fingerprint density at radius 2 is 2.15 bits per heavy atom. The first kappa shape index (κ1) is 10.6. The molecule has 0 bridgehead atoms. The first-order valence-electron chi connectivity index (χ1n) is 5.04. The van der Waals surface area contributed by atoms with Gasteiger partial charge < -0.3 is 9.92 Å². The highest BCUT2D eigenvalue weighted by atomic mass is 16.4. The molecule has 1 saturated heterocycles. The second-order valence-electron chi connectivity index (χ2n) is 3.62. The molecular weight excluding hydrogens is 165 g/mol. The summed E-state index contributed by atoms with van der Waals surface area (Å²) in [7, 11) is 2.21. The molecule has 0 amide bonds. The minimum atomic E-state index is -0.629. The maximum Gasteiger partial charge on any atom is 0.306 e. The quantitative estimate of drug-likeness (QED) is 0.664. The van der Waals surface area contributed by atoms with E-state index in [0.29, 0.717) is 0 Å². The number of rotatable bonds is 4. The van der Waals surface area contributed by atoms with Crippen molar-refractivity contribution < 1.29 is 9.90 Å². The Morgan fingerprint density at radius 1 is 1.54 bits per heavy atom. The van der Waals surface area contributed by atoms with Gasteiger partial charge in [-0.3, -0.25) is 4.79 Å². The molecule has 73 valence electrons. The fourth-order valence-electron chi connectivity index (χ4n) is 1.64. The summed E-state index contributed by atoms with van der Waals surface area (Å²) in [4.78, 5) is 12.9. The SMILES string of the molecule is CCC[B]N1CCC(C(=O)O)CC1. The third-order valence-electron chi connectivity index (χ3n) is 2.55. The topological polar surface area (TPSA) is 40.5 Å². The zero-order valence-electron chi connectivity index (χ0n) is 8.20. The van der Waals surface area contributed by atoms with Crippen molar-refractivity contribution in [3.8, 4) is 0 Å². The molecule has 0 atom stereocenters. The Morgan fingerprint density at radius 3 is 2.62 bits per heavy atom. The van der Waals surface area contributed by atoms with Crippen LogP contribution in [0, 0.1) is 5.92 Å². The van der Waals surface area contributed by atoms with Gasteiger partial charge >= 0.3 is 5.97 Å². The molecule has 1 fully saturated rings. The van der Waals surface area contributed by atoms with Crippen molar-refractivity contribution in [1.82, 2.24) is 4.81 Å². The van der Waals surface area contributed by atoms with Crippen LogP contribution in [0.15, 0.2) is 0 Å². The summed E-state index contributed by atoms with van der Waals surface area (Å²) in [6.45, 7) is 3.98. The fourth-order valence-corrected chi connectivity index (χ4v) is 1.64. The van der Waals surface area contributed by atoms with Crippen LogP contribution < -0.4 is 0 Å². The normalized spacial score (nSPS) is 20.1. The summed E-state index contributed by atoms with van der Waals surface area (Å²) in [5.41, 5.74) is 0. The number of piperidine rings is 1. The van der Waals surface area contributed by atoms with E-state index < -0.39 is 5.97 Å². The first-order valence-corrected chi connectivity index (χ1v) is 5.04. The van der Waals surface area contributed by atoms with Gasteiger partial charge in [-0.25, -0.2) is 0 Å². The Bertz CT molecular complexity index is 167. The average molecular weight is 182 g/mol. The van der Waals surface area contributed by atoms with E-state index in [-0.39, 0.29) is 5.92 Å². The van der Waals surface area contributed by atoms with Crippen LogP contribution in [0.1, 0.15) is 26.2 Å². The highest BCUT2D eigenvalue weighted by molar-refractivity contribution is 6.31. The van der Waals surface area contributed by atoms with Crippen LogP contribution in [0.3, 0.4) is 0 Å². The molecular formula is C9H17BNO2. The molecule has 0 aromatic heterocycles. The third kappa shape index (κ3) is 3.39. The average Bonchev–Trinajstić information content (AvgIpc) is 2.15. The second-order valence-corrected chi connectivity index (χ2v) is 3.62. The van der Waals surface area contributed by atoms with Crippen LogP contribution in [-0.4, -0.2) is 36.4 Å². The van der Waals surface area contributed by atoms with Gasteiger partial charge in [0, 0.05) is 0 Å². The molecule has 0 unspecified atom stereocenters. The highest BCUT2D eigenvalue weighted by Gasteiger charge is 2.23. The summed E-state index contributed by atoms with van der Waals surface area (Å²) < 4.78 is 0. The van der Waals surface area contributed by atoms with Crippen LogP contribution in [0.4, 0.5) is 0 Å². The van der Waals surface area contributed by atoms with Crippen molar-refractivity contribution in [2.24, 2.45) is 5.92 Å². The van der Waals surface area contributed by atoms with E-state index in [2.05, 4.69) is 19.1 Å². The predicted octanol–water partition coefficient (Wildman–Crippen LogP) is 1.23. The summed E-state index contributed by atoms with van der Waals surface area (Å²) in [6.07, 6.45) is 3.88. The fraction of sp³-hybridized carbons (Fsp3) is 0.889. The van der Waals surface area contributed by atoms with Crippen molar-refractivity contribution in [2.75, 3.05) is 13.1 Å². The lowest BCUT2D eigenvalue weighted by molar-refractivity contribution is -0.142. The molecule has 1 N–H and O–H groups in total. The molecule has 1 aliphatic rings. The smallest absolute Gasteiger partial charge is 0.306 e. The van der Waals surface area contributed by atoms with Gasteiger partial charge in [0.1, 0.15) is 0 Å². The van der Waals surface area contributed by atoms with E-state index in [9.17, 15) is 4.79 Å². The van der Waals surface area contributed by atoms with Gasteiger partial charge in [0.15, 0.2) is 0 Å². The molecule has 13 heavy (non-hydrogen) atoms. The number of nitrogens with zero attached hydrogens (tertiary/aromatic N) is 1. The van der Waals surface area contributed by atoms with Gasteiger partial charge in [0.2, 0.25) is 7.41 Å². The van der Waals surface area contributed by atoms with Crippen molar-refractivity contribution in [3.63, 3.8) is 0 Å². The Labute approximate surface area is 80.4 Å². The maximum atomic E-state index is 10.6. The van der Waals surface area contributed by atoms with E-state index in [1.807, 2.05) is 0 Å². The molecule has 0 aromatic rings. The molecule has 0 aromatic carbocycles. The number of aliphatic carboxylic acids is 1. The number of hydrogen-bond acceptors (Lipinski definition) is 2. The lowest BCUT2D eigenvalue weighted by Crippen LogP contribution is -2.38. The molecule has 1 rings (SSSR count). The molecule has 3 nitrogen and oxygen atoms in total. The number of carboxylic acid groups (broad SMARTS) is 1. The minimum absolute atomic E-state index is 0.105. The van der Waals surface area contributed by atoms with E-state index in [0.717, 1.165) is 32.3 Å². The van der Waals surface area contributed by atoms with Crippen LogP contribution in [0.5, 0.6) is 0 Å². The van der Waals surface area contributed by atoms with Gasteiger partial charge in [-0.1, -0.05) is 19.7 Å². The number of carboxylic acids is 1. The predicted molar refractivity (Wildman–Crippen MR) is 52.8 cm³/mol. The molecule has 1 aliphatic heterocycles. The zero-order valence-corrected chi connectivity index (χ0v) is 8.20.